The maximum atomic E-state index is 6.04. The minimum absolute atomic E-state index is 0.380. The Morgan fingerprint density at radius 2 is 1.84 bits per heavy atom. The molecule has 0 aromatic heterocycles. The van der Waals surface area contributed by atoms with Gasteiger partial charge in [-0.2, -0.15) is 0 Å². The SMILES string of the molecule is CCCN1CCN(C(CN)c2ccccc2C)CC1. The fraction of sp³-hybridized carbons (Fsp3) is 0.625. The lowest BCUT2D eigenvalue weighted by Gasteiger charge is -2.39. The largest absolute Gasteiger partial charge is 0.329 e. The molecule has 1 aliphatic heterocycles. The van der Waals surface area contributed by atoms with E-state index in [1.165, 1.54) is 37.2 Å². The second-order valence-electron chi connectivity index (χ2n) is 5.49. The maximum absolute atomic E-state index is 6.04. The first kappa shape index (κ1) is 14.5. The summed E-state index contributed by atoms with van der Waals surface area (Å²) >= 11 is 0. The molecule has 1 aromatic rings. The molecule has 1 aliphatic rings. The van der Waals surface area contributed by atoms with Crippen molar-refractivity contribution in [2.45, 2.75) is 26.3 Å². The van der Waals surface area contributed by atoms with Crippen molar-refractivity contribution in [1.82, 2.24) is 9.80 Å². The van der Waals surface area contributed by atoms with Crippen LogP contribution in [-0.4, -0.2) is 49.1 Å². The third-order valence-electron chi connectivity index (χ3n) is 4.16. The zero-order valence-corrected chi connectivity index (χ0v) is 12.3. The van der Waals surface area contributed by atoms with E-state index >= 15 is 0 Å². The summed E-state index contributed by atoms with van der Waals surface area (Å²) in [5.74, 6) is 0. The smallest absolute Gasteiger partial charge is 0.0474 e. The molecule has 1 aromatic carbocycles. The van der Waals surface area contributed by atoms with E-state index in [0.717, 1.165) is 13.1 Å². The molecule has 2 N–H and O–H groups in total. The molecule has 1 atom stereocenters. The first-order valence-corrected chi connectivity index (χ1v) is 7.48. The number of piperazine rings is 1. The van der Waals surface area contributed by atoms with Gasteiger partial charge in [-0.3, -0.25) is 4.90 Å². The highest BCUT2D eigenvalue weighted by atomic mass is 15.3. The highest BCUT2D eigenvalue weighted by molar-refractivity contribution is 5.29. The fourth-order valence-electron chi connectivity index (χ4n) is 3.05. The second-order valence-corrected chi connectivity index (χ2v) is 5.49. The third kappa shape index (κ3) is 3.56. The lowest BCUT2D eigenvalue weighted by Crippen LogP contribution is -2.49. The van der Waals surface area contributed by atoms with Gasteiger partial charge in [0.05, 0.1) is 0 Å². The summed E-state index contributed by atoms with van der Waals surface area (Å²) in [6.07, 6.45) is 1.25. The van der Waals surface area contributed by atoms with Crippen LogP contribution in [0.3, 0.4) is 0 Å². The molecule has 106 valence electrons. The number of hydrogen-bond acceptors (Lipinski definition) is 3. The predicted octanol–water partition coefficient (Wildman–Crippen LogP) is 2.02. The molecule has 1 heterocycles. The summed E-state index contributed by atoms with van der Waals surface area (Å²) < 4.78 is 0. The molecule has 1 fully saturated rings. The number of nitrogens with zero attached hydrogens (tertiary/aromatic N) is 2. The minimum Gasteiger partial charge on any atom is -0.329 e. The van der Waals surface area contributed by atoms with E-state index < -0.39 is 0 Å². The summed E-state index contributed by atoms with van der Waals surface area (Å²) in [5.41, 5.74) is 8.80. The van der Waals surface area contributed by atoms with Crippen LogP contribution in [0.2, 0.25) is 0 Å². The number of aryl methyl sites for hydroxylation is 1. The average molecular weight is 261 g/mol. The molecule has 19 heavy (non-hydrogen) atoms. The lowest BCUT2D eigenvalue weighted by molar-refractivity contribution is 0.0983. The van der Waals surface area contributed by atoms with Crippen LogP contribution in [0.1, 0.15) is 30.5 Å². The van der Waals surface area contributed by atoms with E-state index in [-0.39, 0.29) is 0 Å². The van der Waals surface area contributed by atoms with Crippen molar-refractivity contribution < 1.29 is 0 Å². The minimum atomic E-state index is 0.380. The van der Waals surface area contributed by atoms with Crippen molar-refractivity contribution in [2.24, 2.45) is 5.73 Å². The lowest BCUT2D eigenvalue weighted by atomic mass is 9.99. The summed E-state index contributed by atoms with van der Waals surface area (Å²) in [7, 11) is 0. The van der Waals surface area contributed by atoms with Crippen LogP contribution in [0.15, 0.2) is 24.3 Å². The molecular formula is C16H27N3. The van der Waals surface area contributed by atoms with Crippen LogP contribution in [0, 0.1) is 6.92 Å². The van der Waals surface area contributed by atoms with Crippen LogP contribution in [0.4, 0.5) is 0 Å². The molecule has 0 saturated carbocycles. The van der Waals surface area contributed by atoms with Crippen LogP contribution < -0.4 is 5.73 Å². The zero-order valence-electron chi connectivity index (χ0n) is 12.3. The normalized spacial score (nSPS) is 19.5. The van der Waals surface area contributed by atoms with Crippen LogP contribution in [0.25, 0.3) is 0 Å². The molecule has 3 heteroatoms. The third-order valence-corrected chi connectivity index (χ3v) is 4.16. The van der Waals surface area contributed by atoms with Gasteiger partial charge < -0.3 is 10.6 Å². The van der Waals surface area contributed by atoms with Crippen LogP contribution in [-0.2, 0) is 0 Å². The number of hydrogen-bond donors (Lipinski definition) is 1. The molecule has 2 rings (SSSR count). The van der Waals surface area contributed by atoms with Gasteiger partial charge in [0.25, 0.3) is 0 Å². The van der Waals surface area contributed by atoms with Crippen LogP contribution in [0.5, 0.6) is 0 Å². The Morgan fingerprint density at radius 1 is 1.16 bits per heavy atom. The molecule has 3 nitrogen and oxygen atoms in total. The molecular weight excluding hydrogens is 234 g/mol. The van der Waals surface area contributed by atoms with Gasteiger partial charge in [0, 0.05) is 38.8 Å². The monoisotopic (exact) mass is 261 g/mol. The van der Waals surface area contributed by atoms with Crippen LogP contribution >= 0.6 is 0 Å². The highest BCUT2D eigenvalue weighted by Gasteiger charge is 2.24. The second kappa shape index (κ2) is 7.04. The molecule has 0 radical (unpaired) electrons. The summed E-state index contributed by atoms with van der Waals surface area (Å²) in [6, 6.07) is 9.02. The summed E-state index contributed by atoms with van der Waals surface area (Å²) in [6.45, 7) is 11.0. The predicted molar refractivity (Wildman–Crippen MR) is 81.3 cm³/mol. The fourth-order valence-corrected chi connectivity index (χ4v) is 3.05. The summed E-state index contributed by atoms with van der Waals surface area (Å²) in [4.78, 5) is 5.11. The number of rotatable bonds is 5. The molecule has 0 aliphatic carbocycles. The van der Waals surface area contributed by atoms with Gasteiger partial charge in [-0.15, -0.1) is 0 Å². The standard InChI is InChI=1S/C16H27N3/c1-3-8-18-9-11-19(12-10-18)16(13-17)15-7-5-4-6-14(15)2/h4-7,16H,3,8-13,17H2,1-2H3. The van der Waals surface area contributed by atoms with Crippen molar-refractivity contribution >= 4 is 0 Å². The first-order valence-electron chi connectivity index (χ1n) is 7.48. The number of benzene rings is 1. The van der Waals surface area contributed by atoms with E-state index in [4.69, 9.17) is 5.73 Å². The Labute approximate surface area is 117 Å². The van der Waals surface area contributed by atoms with Crippen molar-refractivity contribution in [3.05, 3.63) is 35.4 Å². The van der Waals surface area contributed by atoms with Gasteiger partial charge in [0.2, 0.25) is 0 Å². The van der Waals surface area contributed by atoms with Gasteiger partial charge >= 0.3 is 0 Å². The van der Waals surface area contributed by atoms with E-state index in [1.54, 1.807) is 0 Å². The Balaban J connectivity index is 2.02. The van der Waals surface area contributed by atoms with E-state index in [0.29, 0.717) is 12.6 Å². The van der Waals surface area contributed by atoms with Gasteiger partial charge in [-0.25, -0.2) is 0 Å². The van der Waals surface area contributed by atoms with Crippen molar-refractivity contribution in [3.8, 4) is 0 Å². The van der Waals surface area contributed by atoms with Crippen molar-refractivity contribution in [1.29, 1.82) is 0 Å². The topological polar surface area (TPSA) is 32.5 Å². The molecule has 1 unspecified atom stereocenters. The number of nitrogens with two attached hydrogens (primary N) is 1. The van der Waals surface area contributed by atoms with Gasteiger partial charge in [0.15, 0.2) is 0 Å². The Hall–Kier alpha value is -0.900. The maximum Gasteiger partial charge on any atom is 0.0474 e. The summed E-state index contributed by atoms with van der Waals surface area (Å²) in [5, 5.41) is 0. The molecule has 0 amide bonds. The van der Waals surface area contributed by atoms with E-state index in [9.17, 15) is 0 Å². The highest BCUT2D eigenvalue weighted by Crippen LogP contribution is 2.24. The van der Waals surface area contributed by atoms with Gasteiger partial charge in [-0.05, 0) is 31.0 Å². The average Bonchev–Trinajstić information content (AvgIpc) is 2.44. The van der Waals surface area contributed by atoms with E-state index in [2.05, 4.69) is 47.9 Å². The quantitative estimate of drug-likeness (QED) is 0.880. The van der Waals surface area contributed by atoms with E-state index in [1.807, 2.05) is 0 Å². The van der Waals surface area contributed by atoms with Crippen molar-refractivity contribution in [2.75, 3.05) is 39.3 Å². The Kier molecular flexibility index (Phi) is 5.37. The molecule has 1 saturated heterocycles. The molecule has 0 bridgehead atoms. The van der Waals surface area contributed by atoms with Gasteiger partial charge in [0.1, 0.15) is 0 Å². The molecule has 0 spiro atoms. The van der Waals surface area contributed by atoms with Gasteiger partial charge in [-0.1, -0.05) is 31.2 Å². The first-order chi connectivity index (χ1) is 9.26. The Morgan fingerprint density at radius 3 is 2.42 bits per heavy atom. The Bertz CT molecular complexity index is 383. The zero-order chi connectivity index (χ0) is 13.7. The van der Waals surface area contributed by atoms with Crippen molar-refractivity contribution in [3.63, 3.8) is 0 Å².